The lowest BCUT2D eigenvalue weighted by Gasteiger charge is -2.37. The van der Waals surface area contributed by atoms with Crippen molar-refractivity contribution >= 4 is 5.91 Å². The predicted octanol–water partition coefficient (Wildman–Crippen LogP) is 1.39. The summed E-state index contributed by atoms with van der Waals surface area (Å²) in [6, 6.07) is 0.858. The van der Waals surface area contributed by atoms with Crippen LogP contribution in [0.15, 0.2) is 4.52 Å². The van der Waals surface area contributed by atoms with Crippen LogP contribution in [0.2, 0.25) is 0 Å². The Hall–Kier alpha value is -1.36. The highest BCUT2D eigenvalue weighted by Crippen LogP contribution is 2.36. The van der Waals surface area contributed by atoms with Crippen LogP contribution in [-0.2, 0) is 0 Å². The second kappa shape index (κ2) is 4.09. The summed E-state index contributed by atoms with van der Waals surface area (Å²) in [6.45, 7) is 3.62. The molecule has 2 saturated heterocycles. The van der Waals surface area contributed by atoms with Gasteiger partial charge in [-0.05, 0) is 39.5 Å². The zero-order chi connectivity index (χ0) is 12.9. The summed E-state index contributed by atoms with van der Waals surface area (Å²) in [6.07, 6.45) is 4.00. The Labute approximate surface area is 106 Å². The van der Waals surface area contributed by atoms with E-state index in [-0.39, 0.29) is 11.9 Å². The topological polar surface area (TPSA) is 72.4 Å². The Balaban J connectivity index is 1.90. The average Bonchev–Trinajstić information content (AvgIpc) is 2.77. The summed E-state index contributed by atoms with van der Waals surface area (Å²) >= 11 is 0. The Morgan fingerprint density at radius 2 is 1.94 bits per heavy atom. The third-order valence-corrected chi connectivity index (χ3v) is 4.25. The number of rotatable bonds is 1. The predicted molar refractivity (Wildman–Crippen MR) is 66.2 cm³/mol. The van der Waals surface area contributed by atoms with Crippen LogP contribution in [-0.4, -0.2) is 34.1 Å². The molecule has 1 amide bonds. The van der Waals surface area contributed by atoms with E-state index in [1.165, 1.54) is 0 Å². The minimum atomic E-state index is 0.0747. The molecule has 18 heavy (non-hydrogen) atoms. The smallest absolute Gasteiger partial charge is 0.259 e. The van der Waals surface area contributed by atoms with Crippen molar-refractivity contribution in [2.24, 2.45) is 5.73 Å². The molecule has 98 valence electrons. The molecule has 2 aliphatic rings. The van der Waals surface area contributed by atoms with E-state index >= 15 is 0 Å². The molecule has 2 unspecified atom stereocenters. The van der Waals surface area contributed by atoms with E-state index in [4.69, 9.17) is 10.3 Å². The molecular formula is C13H19N3O2. The zero-order valence-corrected chi connectivity index (χ0v) is 10.8. The van der Waals surface area contributed by atoms with Crippen LogP contribution in [0.4, 0.5) is 0 Å². The van der Waals surface area contributed by atoms with Crippen molar-refractivity contribution < 1.29 is 9.32 Å². The Kier molecular flexibility index (Phi) is 2.66. The Morgan fingerprint density at radius 3 is 2.44 bits per heavy atom. The number of hydrogen-bond acceptors (Lipinski definition) is 4. The average molecular weight is 249 g/mol. The van der Waals surface area contributed by atoms with Crippen LogP contribution in [0.3, 0.4) is 0 Å². The molecule has 5 heteroatoms. The summed E-state index contributed by atoms with van der Waals surface area (Å²) in [5.74, 6) is 0.692. The molecule has 2 fully saturated rings. The lowest BCUT2D eigenvalue weighted by molar-refractivity contribution is 0.0572. The monoisotopic (exact) mass is 249 g/mol. The van der Waals surface area contributed by atoms with Gasteiger partial charge in [-0.25, -0.2) is 0 Å². The lowest BCUT2D eigenvalue weighted by atomic mass is 9.97. The van der Waals surface area contributed by atoms with Gasteiger partial charge in [0.1, 0.15) is 11.3 Å². The number of nitrogens with zero attached hydrogens (tertiary/aromatic N) is 2. The van der Waals surface area contributed by atoms with Gasteiger partial charge in [0.25, 0.3) is 5.91 Å². The van der Waals surface area contributed by atoms with Gasteiger partial charge in [0.15, 0.2) is 0 Å². The maximum absolute atomic E-state index is 12.7. The normalized spacial score (nSPS) is 30.8. The maximum Gasteiger partial charge on any atom is 0.259 e. The van der Waals surface area contributed by atoms with Crippen molar-refractivity contribution in [2.45, 2.75) is 57.7 Å². The van der Waals surface area contributed by atoms with E-state index in [0.29, 0.717) is 29.1 Å². The second-order valence-corrected chi connectivity index (χ2v) is 5.53. The number of fused-ring (bicyclic) bond motifs is 2. The summed E-state index contributed by atoms with van der Waals surface area (Å²) in [5, 5.41) is 3.87. The van der Waals surface area contributed by atoms with Gasteiger partial charge in [-0.1, -0.05) is 5.16 Å². The van der Waals surface area contributed by atoms with Gasteiger partial charge in [-0.15, -0.1) is 0 Å². The third kappa shape index (κ3) is 1.65. The van der Waals surface area contributed by atoms with Crippen molar-refractivity contribution in [2.75, 3.05) is 0 Å². The quantitative estimate of drug-likeness (QED) is 0.816. The summed E-state index contributed by atoms with van der Waals surface area (Å²) in [4.78, 5) is 14.7. The minimum absolute atomic E-state index is 0.0747. The van der Waals surface area contributed by atoms with E-state index in [0.717, 1.165) is 25.7 Å². The number of carbonyl (C=O) groups excluding carboxylic acids is 1. The largest absolute Gasteiger partial charge is 0.361 e. The standard InChI is InChI=1S/C13H19N3O2/c1-7-12(8(2)18-15-7)13(17)16-10-3-4-11(16)6-9(14)5-10/h9-11H,3-6,14H2,1-2H3. The summed E-state index contributed by atoms with van der Waals surface area (Å²) in [7, 11) is 0. The van der Waals surface area contributed by atoms with Crippen molar-refractivity contribution in [1.82, 2.24) is 10.1 Å². The summed E-state index contributed by atoms with van der Waals surface area (Å²) < 4.78 is 5.10. The highest BCUT2D eigenvalue weighted by molar-refractivity contribution is 5.96. The van der Waals surface area contributed by atoms with Crippen LogP contribution in [0.25, 0.3) is 0 Å². The number of piperidine rings is 1. The van der Waals surface area contributed by atoms with Crippen LogP contribution in [0.1, 0.15) is 47.5 Å². The zero-order valence-electron chi connectivity index (χ0n) is 10.8. The molecule has 0 saturated carbocycles. The molecular weight excluding hydrogens is 230 g/mol. The SMILES string of the molecule is Cc1noc(C)c1C(=O)N1C2CCC1CC(N)C2. The van der Waals surface area contributed by atoms with Crippen molar-refractivity contribution in [1.29, 1.82) is 0 Å². The molecule has 1 aromatic rings. The fourth-order valence-electron chi connectivity index (χ4n) is 3.47. The first-order chi connectivity index (χ1) is 8.58. The van der Waals surface area contributed by atoms with Gasteiger partial charge in [-0.3, -0.25) is 4.79 Å². The maximum atomic E-state index is 12.7. The Bertz CT molecular complexity index is 449. The molecule has 0 spiro atoms. The molecule has 3 rings (SSSR count). The molecule has 0 aliphatic carbocycles. The Morgan fingerprint density at radius 1 is 1.33 bits per heavy atom. The molecule has 2 bridgehead atoms. The third-order valence-electron chi connectivity index (χ3n) is 4.25. The van der Waals surface area contributed by atoms with Crippen LogP contribution in [0.5, 0.6) is 0 Å². The molecule has 5 nitrogen and oxygen atoms in total. The number of carbonyl (C=O) groups is 1. The molecule has 2 N–H and O–H groups in total. The number of aromatic nitrogens is 1. The van der Waals surface area contributed by atoms with Gasteiger partial charge in [0.05, 0.1) is 5.69 Å². The van der Waals surface area contributed by atoms with Crippen LogP contribution in [0, 0.1) is 13.8 Å². The van der Waals surface area contributed by atoms with E-state index in [1.807, 2.05) is 11.8 Å². The number of nitrogens with two attached hydrogens (primary N) is 1. The van der Waals surface area contributed by atoms with Gasteiger partial charge < -0.3 is 15.2 Å². The van der Waals surface area contributed by atoms with Gasteiger partial charge in [0, 0.05) is 18.1 Å². The van der Waals surface area contributed by atoms with Crippen LogP contribution >= 0.6 is 0 Å². The molecule has 0 radical (unpaired) electrons. The number of hydrogen-bond donors (Lipinski definition) is 1. The van der Waals surface area contributed by atoms with Gasteiger partial charge >= 0.3 is 0 Å². The highest BCUT2D eigenvalue weighted by Gasteiger charge is 2.43. The lowest BCUT2D eigenvalue weighted by Crippen LogP contribution is -2.50. The first-order valence-electron chi connectivity index (χ1n) is 6.59. The van der Waals surface area contributed by atoms with Crippen molar-refractivity contribution in [3.63, 3.8) is 0 Å². The number of aryl methyl sites for hydroxylation is 2. The van der Waals surface area contributed by atoms with E-state index in [2.05, 4.69) is 5.16 Å². The fraction of sp³-hybridized carbons (Fsp3) is 0.692. The molecule has 1 aromatic heterocycles. The fourth-order valence-corrected chi connectivity index (χ4v) is 3.47. The molecule has 0 aromatic carbocycles. The molecule has 2 aliphatic heterocycles. The van der Waals surface area contributed by atoms with E-state index in [9.17, 15) is 4.79 Å². The number of amides is 1. The van der Waals surface area contributed by atoms with Crippen LogP contribution < -0.4 is 5.73 Å². The first kappa shape index (κ1) is 11.7. The van der Waals surface area contributed by atoms with E-state index in [1.54, 1.807) is 6.92 Å². The highest BCUT2D eigenvalue weighted by atomic mass is 16.5. The first-order valence-corrected chi connectivity index (χ1v) is 6.59. The second-order valence-electron chi connectivity index (χ2n) is 5.53. The van der Waals surface area contributed by atoms with Gasteiger partial charge in [0.2, 0.25) is 0 Å². The van der Waals surface area contributed by atoms with E-state index < -0.39 is 0 Å². The summed E-state index contributed by atoms with van der Waals surface area (Å²) in [5.41, 5.74) is 7.36. The molecule has 3 heterocycles. The molecule has 2 atom stereocenters. The van der Waals surface area contributed by atoms with Gasteiger partial charge in [-0.2, -0.15) is 0 Å². The van der Waals surface area contributed by atoms with Crippen molar-refractivity contribution in [3.05, 3.63) is 17.0 Å². The minimum Gasteiger partial charge on any atom is -0.361 e. The van der Waals surface area contributed by atoms with Crippen molar-refractivity contribution in [3.8, 4) is 0 Å².